The number of carbonyl (C=O) groups is 1. The van der Waals surface area contributed by atoms with Gasteiger partial charge in [0.15, 0.2) is 5.82 Å². The molecule has 2 aromatic carbocycles. The molecule has 0 radical (unpaired) electrons. The molecule has 0 aliphatic heterocycles. The zero-order chi connectivity index (χ0) is 18.8. The van der Waals surface area contributed by atoms with Gasteiger partial charge in [0.25, 0.3) is 0 Å². The molecule has 4 rings (SSSR count). The SMILES string of the molecule is O=C(CCc1cccc(Cl)c1Cl)Nc1cccc(-c2nnnn2C2CC2)c1. The van der Waals surface area contributed by atoms with E-state index in [1.54, 1.807) is 6.07 Å². The number of aromatic nitrogens is 4. The summed E-state index contributed by atoms with van der Waals surface area (Å²) in [5, 5.41) is 15.9. The lowest BCUT2D eigenvalue weighted by Gasteiger charge is -2.09. The first kappa shape index (κ1) is 17.9. The first-order valence-electron chi connectivity index (χ1n) is 8.73. The van der Waals surface area contributed by atoms with E-state index in [2.05, 4.69) is 20.8 Å². The van der Waals surface area contributed by atoms with Crippen LogP contribution in [0.1, 0.15) is 30.9 Å². The van der Waals surface area contributed by atoms with Crippen molar-refractivity contribution in [1.82, 2.24) is 20.2 Å². The van der Waals surface area contributed by atoms with Crippen LogP contribution in [0.4, 0.5) is 5.69 Å². The fourth-order valence-electron chi connectivity index (χ4n) is 2.90. The zero-order valence-corrected chi connectivity index (χ0v) is 15.9. The second-order valence-corrected chi connectivity index (χ2v) is 7.31. The lowest BCUT2D eigenvalue weighted by molar-refractivity contribution is -0.116. The topological polar surface area (TPSA) is 72.7 Å². The summed E-state index contributed by atoms with van der Waals surface area (Å²) in [7, 11) is 0. The summed E-state index contributed by atoms with van der Waals surface area (Å²) >= 11 is 12.2. The molecular weight excluding hydrogens is 385 g/mol. The van der Waals surface area contributed by atoms with E-state index in [9.17, 15) is 4.79 Å². The lowest BCUT2D eigenvalue weighted by atomic mass is 10.1. The van der Waals surface area contributed by atoms with E-state index < -0.39 is 0 Å². The fraction of sp³-hybridized carbons (Fsp3) is 0.263. The van der Waals surface area contributed by atoms with Crippen molar-refractivity contribution >= 4 is 34.8 Å². The molecule has 0 bridgehead atoms. The van der Waals surface area contributed by atoms with Gasteiger partial charge in [-0.1, -0.05) is 47.5 Å². The number of carbonyl (C=O) groups excluding carboxylic acids is 1. The average Bonchev–Trinajstić information content (AvgIpc) is 3.39. The minimum absolute atomic E-state index is 0.0926. The van der Waals surface area contributed by atoms with Crippen LogP contribution in [0.15, 0.2) is 42.5 Å². The minimum atomic E-state index is -0.0926. The van der Waals surface area contributed by atoms with Gasteiger partial charge in [0.2, 0.25) is 5.91 Å². The highest BCUT2D eigenvalue weighted by atomic mass is 35.5. The third-order valence-electron chi connectivity index (χ3n) is 4.44. The van der Waals surface area contributed by atoms with E-state index in [-0.39, 0.29) is 5.91 Å². The minimum Gasteiger partial charge on any atom is -0.326 e. The van der Waals surface area contributed by atoms with Crippen molar-refractivity contribution in [3.8, 4) is 11.4 Å². The molecule has 1 aromatic heterocycles. The van der Waals surface area contributed by atoms with Gasteiger partial charge in [0.1, 0.15) is 0 Å². The summed E-state index contributed by atoms with van der Waals surface area (Å²) < 4.78 is 1.85. The Bertz CT molecular complexity index is 984. The highest BCUT2D eigenvalue weighted by molar-refractivity contribution is 6.42. The maximum atomic E-state index is 12.3. The molecule has 1 heterocycles. The van der Waals surface area contributed by atoms with E-state index in [1.807, 2.05) is 41.1 Å². The fourth-order valence-corrected chi connectivity index (χ4v) is 3.31. The number of aryl methyl sites for hydroxylation is 1. The van der Waals surface area contributed by atoms with Gasteiger partial charge in [-0.05, 0) is 53.5 Å². The van der Waals surface area contributed by atoms with Gasteiger partial charge < -0.3 is 5.32 Å². The Morgan fingerprint density at radius 2 is 2.00 bits per heavy atom. The molecule has 3 aromatic rings. The molecule has 1 saturated carbocycles. The summed E-state index contributed by atoms with van der Waals surface area (Å²) in [6.07, 6.45) is 3.02. The van der Waals surface area contributed by atoms with Crippen LogP contribution in [0.5, 0.6) is 0 Å². The second-order valence-electron chi connectivity index (χ2n) is 6.52. The summed E-state index contributed by atoms with van der Waals surface area (Å²) in [6, 6.07) is 13.4. The molecule has 1 fully saturated rings. The van der Waals surface area contributed by atoms with Gasteiger partial charge in [0.05, 0.1) is 16.1 Å². The molecule has 0 spiro atoms. The molecule has 1 amide bonds. The van der Waals surface area contributed by atoms with E-state index in [0.29, 0.717) is 34.6 Å². The van der Waals surface area contributed by atoms with E-state index in [0.717, 1.165) is 29.8 Å². The van der Waals surface area contributed by atoms with Crippen molar-refractivity contribution in [1.29, 1.82) is 0 Å². The Kier molecular flexibility index (Phi) is 5.09. The molecule has 0 unspecified atom stereocenters. The first-order valence-corrected chi connectivity index (χ1v) is 9.48. The normalized spacial score (nSPS) is 13.6. The van der Waals surface area contributed by atoms with Gasteiger partial charge in [0, 0.05) is 17.7 Å². The number of tetrazole rings is 1. The number of hydrogen-bond donors (Lipinski definition) is 1. The van der Waals surface area contributed by atoms with Crippen molar-refractivity contribution in [2.75, 3.05) is 5.32 Å². The summed E-state index contributed by atoms with van der Waals surface area (Å²) in [4.78, 5) is 12.3. The summed E-state index contributed by atoms with van der Waals surface area (Å²) in [5.74, 6) is 0.629. The number of halogens is 2. The molecular formula is C19H17Cl2N5O. The molecule has 0 atom stereocenters. The van der Waals surface area contributed by atoms with Crippen LogP contribution in [0.25, 0.3) is 11.4 Å². The van der Waals surface area contributed by atoms with Crippen LogP contribution < -0.4 is 5.32 Å². The van der Waals surface area contributed by atoms with Gasteiger partial charge in [-0.2, -0.15) is 0 Å². The largest absolute Gasteiger partial charge is 0.326 e. The van der Waals surface area contributed by atoms with Crippen molar-refractivity contribution < 1.29 is 4.79 Å². The first-order chi connectivity index (χ1) is 13.1. The van der Waals surface area contributed by atoms with E-state index in [4.69, 9.17) is 23.2 Å². The maximum Gasteiger partial charge on any atom is 0.224 e. The molecule has 1 aliphatic rings. The molecule has 0 saturated heterocycles. The van der Waals surface area contributed by atoms with Crippen molar-refractivity contribution in [2.24, 2.45) is 0 Å². The lowest BCUT2D eigenvalue weighted by Crippen LogP contribution is -2.12. The van der Waals surface area contributed by atoms with Crippen LogP contribution in [0.3, 0.4) is 0 Å². The van der Waals surface area contributed by atoms with E-state index >= 15 is 0 Å². The van der Waals surface area contributed by atoms with Crippen molar-refractivity contribution in [3.05, 3.63) is 58.1 Å². The molecule has 1 N–H and O–H groups in total. The van der Waals surface area contributed by atoms with Crippen molar-refractivity contribution in [3.63, 3.8) is 0 Å². The highest BCUT2D eigenvalue weighted by Crippen LogP contribution is 2.36. The Balaban J connectivity index is 1.43. The molecule has 1 aliphatic carbocycles. The number of amides is 1. The Morgan fingerprint density at radius 3 is 2.81 bits per heavy atom. The molecule has 8 heteroatoms. The van der Waals surface area contributed by atoms with Crippen LogP contribution in [-0.2, 0) is 11.2 Å². The maximum absolute atomic E-state index is 12.3. The molecule has 138 valence electrons. The van der Waals surface area contributed by atoms with Gasteiger partial charge in [-0.15, -0.1) is 5.10 Å². The van der Waals surface area contributed by atoms with E-state index in [1.165, 1.54) is 0 Å². The Labute approximate surface area is 166 Å². The zero-order valence-electron chi connectivity index (χ0n) is 14.4. The van der Waals surface area contributed by atoms with Gasteiger partial charge in [-0.3, -0.25) is 4.79 Å². The van der Waals surface area contributed by atoms with Crippen LogP contribution >= 0.6 is 23.2 Å². The number of hydrogen-bond acceptors (Lipinski definition) is 4. The van der Waals surface area contributed by atoms with Crippen molar-refractivity contribution in [2.45, 2.75) is 31.7 Å². The Hall–Kier alpha value is -2.44. The predicted octanol–water partition coefficient (Wildman–Crippen LogP) is 4.55. The highest BCUT2D eigenvalue weighted by Gasteiger charge is 2.28. The van der Waals surface area contributed by atoms with Crippen LogP contribution in [0.2, 0.25) is 10.0 Å². The summed E-state index contributed by atoms with van der Waals surface area (Å²) in [5.41, 5.74) is 2.44. The number of nitrogens with zero attached hydrogens (tertiary/aromatic N) is 4. The van der Waals surface area contributed by atoms with Crippen LogP contribution in [0, 0.1) is 0 Å². The quantitative estimate of drug-likeness (QED) is 0.657. The predicted molar refractivity (Wildman–Crippen MR) is 105 cm³/mol. The average molecular weight is 402 g/mol. The summed E-state index contributed by atoms with van der Waals surface area (Å²) in [6.45, 7) is 0. The molecule has 6 nitrogen and oxygen atoms in total. The Morgan fingerprint density at radius 1 is 1.19 bits per heavy atom. The number of nitrogens with one attached hydrogen (secondary N) is 1. The standard InChI is InChI=1S/C19H17Cl2N5O/c20-16-6-2-3-12(18(16)21)7-10-17(27)22-14-5-1-4-13(11-14)19-23-24-25-26(19)15-8-9-15/h1-6,11,15H,7-10H2,(H,22,27). The van der Waals surface area contributed by atoms with Gasteiger partial charge >= 0.3 is 0 Å². The molecule has 27 heavy (non-hydrogen) atoms. The number of benzene rings is 2. The smallest absolute Gasteiger partial charge is 0.224 e. The number of rotatable bonds is 6. The number of anilines is 1. The van der Waals surface area contributed by atoms with Crippen LogP contribution in [-0.4, -0.2) is 26.1 Å². The monoisotopic (exact) mass is 401 g/mol. The third-order valence-corrected chi connectivity index (χ3v) is 5.30. The second kappa shape index (κ2) is 7.66. The van der Waals surface area contributed by atoms with Gasteiger partial charge in [-0.25, -0.2) is 4.68 Å². The third kappa shape index (κ3) is 4.12.